The lowest BCUT2D eigenvalue weighted by Crippen LogP contribution is -2.30. The first kappa shape index (κ1) is 15.5. The van der Waals surface area contributed by atoms with Gasteiger partial charge in [0.1, 0.15) is 0 Å². The second kappa shape index (κ2) is 7.82. The highest BCUT2D eigenvalue weighted by atomic mass is 16.1. The number of rotatable bonds is 7. The highest BCUT2D eigenvalue weighted by Gasteiger charge is 2.08. The zero-order valence-corrected chi connectivity index (χ0v) is 12.5. The molecule has 0 spiro atoms. The molecule has 0 fully saturated rings. The van der Waals surface area contributed by atoms with Crippen molar-refractivity contribution in [2.24, 2.45) is 5.92 Å². The summed E-state index contributed by atoms with van der Waals surface area (Å²) in [5.41, 5.74) is 1.73. The van der Waals surface area contributed by atoms with Crippen LogP contribution in [0.2, 0.25) is 0 Å². The average Bonchev–Trinajstić information content (AvgIpc) is 2.39. The van der Waals surface area contributed by atoms with Crippen LogP contribution in [0.1, 0.15) is 50.9 Å². The van der Waals surface area contributed by atoms with E-state index in [-0.39, 0.29) is 11.9 Å². The van der Waals surface area contributed by atoms with Gasteiger partial charge in [0.15, 0.2) is 0 Å². The smallest absolute Gasteiger partial charge is 0.251 e. The molecule has 0 saturated carbocycles. The van der Waals surface area contributed by atoms with Gasteiger partial charge in [0, 0.05) is 23.8 Å². The predicted molar refractivity (Wildman–Crippen MR) is 81.6 cm³/mol. The minimum absolute atomic E-state index is 0.0128. The molecule has 1 aromatic carbocycles. The Kier molecular flexibility index (Phi) is 6.40. The molecular formula is C16H26N2O. The van der Waals surface area contributed by atoms with Crippen LogP contribution >= 0.6 is 0 Å². The van der Waals surface area contributed by atoms with Gasteiger partial charge in [-0.1, -0.05) is 32.8 Å². The Morgan fingerprint density at radius 2 is 1.89 bits per heavy atom. The number of nitrogens with one attached hydrogen (secondary N) is 2. The Bertz CT molecular complexity index is 397. The van der Waals surface area contributed by atoms with Crippen molar-refractivity contribution < 1.29 is 4.79 Å². The molecule has 3 heteroatoms. The van der Waals surface area contributed by atoms with Gasteiger partial charge in [0.25, 0.3) is 5.91 Å². The molecule has 0 radical (unpaired) electrons. The Balaban J connectivity index is 2.64. The Morgan fingerprint density at radius 1 is 1.21 bits per heavy atom. The van der Waals surface area contributed by atoms with Crippen molar-refractivity contribution in [1.29, 1.82) is 0 Å². The molecule has 0 aromatic heterocycles. The number of benzene rings is 1. The van der Waals surface area contributed by atoms with Crippen molar-refractivity contribution in [3.05, 3.63) is 29.8 Å². The third kappa shape index (κ3) is 5.33. The van der Waals surface area contributed by atoms with Gasteiger partial charge >= 0.3 is 0 Å². The molecule has 0 aliphatic rings. The number of amides is 1. The van der Waals surface area contributed by atoms with E-state index >= 15 is 0 Å². The molecule has 19 heavy (non-hydrogen) atoms. The second-order valence-electron chi connectivity index (χ2n) is 5.27. The highest BCUT2D eigenvalue weighted by molar-refractivity contribution is 5.95. The maximum absolute atomic E-state index is 11.9. The van der Waals surface area contributed by atoms with Crippen molar-refractivity contribution in [2.75, 3.05) is 11.9 Å². The SMILES string of the molecule is CCC(CC)CNc1cccc(C(=O)NC(C)C)c1. The van der Waals surface area contributed by atoms with Gasteiger partial charge in [-0.2, -0.15) is 0 Å². The Hall–Kier alpha value is -1.51. The quantitative estimate of drug-likeness (QED) is 0.787. The van der Waals surface area contributed by atoms with Gasteiger partial charge in [0.2, 0.25) is 0 Å². The van der Waals surface area contributed by atoms with Crippen LogP contribution in [-0.4, -0.2) is 18.5 Å². The average molecular weight is 262 g/mol. The maximum Gasteiger partial charge on any atom is 0.251 e. The van der Waals surface area contributed by atoms with E-state index in [0.29, 0.717) is 11.5 Å². The molecule has 3 nitrogen and oxygen atoms in total. The van der Waals surface area contributed by atoms with Crippen molar-refractivity contribution in [3.8, 4) is 0 Å². The fraction of sp³-hybridized carbons (Fsp3) is 0.562. The van der Waals surface area contributed by atoms with Gasteiger partial charge in [0.05, 0.1) is 0 Å². The fourth-order valence-corrected chi connectivity index (χ4v) is 1.96. The molecule has 0 atom stereocenters. The molecule has 1 aromatic rings. The summed E-state index contributed by atoms with van der Waals surface area (Å²) >= 11 is 0. The molecule has 0 saturated heterocycles. The van der Waals surface area contributed by atoms with E-state index in [0.717, 1.165) is 12.2 Å². The Morgan fingerprint density at radius 3 is 2.47 bits per heavy atom. The molecule has 0 bridgehead atoms. The summed E-state index contributed by atoms with van der Waals surface area (Å²) < 4.78 is 0. The molecule has 0 aliphatic carbocycles. The summed E-state index contributed by atoms with van der Waals surface area (Å²) in [4.78, 5) is 11.9. The van der Waals surface area contributed by atoms with Gasteiger partial charge in [-0.15, -0.1) is 0 Å². The van der Waals surface area contributed by atoms with Crippen LogP contribution in [0.3, 0.4) is 0 Å². The van der Waals surface area contributed by atoms with E-state index in [9.17, 15) is 4.79 Å². The number of hydrogen-bond donors (Lipinski definition) is 2. The summed E-state index contributed by atoms with van der Waals surface area (Å²) in [5, 5.41) is 6.32. The first-order valence-electron chi connectivity index (χ1n) is 7.21. The summed E-state index contributed by atoms with van der Waals surface area (Å²) in [5.74, 6) is 0.675. The van der Waals surface area contributed by atoms with Crippen LogP contribution in [0.15, 0.2) is 24.3 Å². The maximum atomic E-state index is 11.9. The molecule has 1 rings (SSSR count). The van der Waals surface area contributed by atoms with Crippen molar-refractivity contribution in [2.45, 2.75) is 46.6 Å². The topological polar surface area (TPSA) is 41.1 Å². The monoisotopic (exact) mass is 262 g/mol. The number of anilines is 1. The third-order valence-corrected chi connectivity index (χ3v) is 3.29. The number of carbonyl (C=O) groups is 1. The normalized spacial score (nSPS) is 10.8. The van der Waals surface area contributed by atoms with E-state index in [1.807, 2.05) is 38.1 Å². The van der Waals surface area contributed by atoms with Crippen molar-refractivity contribution >= 4 is 11.6 Å². The standard InChI is InChI=1S/C16H26N2O/c1-5-13(6-2)11-17-15-9-7-8-14(10-15)16(19)18-12(3)4/h7-10,12-13,17H,5-6,11H2,1-4H3,(H,18,19). The minimum atomic E-state index is -0.0128. The zero-order valence-electron chi connectivity index (χ0n) is 12.5. The lowest BCUT2D eigenvalue weighted by Gasteiger charge is -2.15. The predicted octanol–water partition coefficient (Wildman–Crippen LogP) is 3.67. The lowest BCUT2D eigenvalue weighted by atomic mass is 10.0. The second-order valence-corrected chi connectivity index (χ2v) is 5.27. The van der Waals surface area contributed by atoms with Gasteiger partial charge in [-0.25, -0.2) is 0 Å². The molecule has 106 valence electrons. The summed E-state index contributed by atoms with van der Waals surface area (Å²) in [6, 6.07) is 7.85. The number of hydrogen-bond acceptors (Lipinski definition) is 2. The summed E-state index contributed by atoms with van der Waals surface area (Å²) in [6.45, 7) is 9.31. The number of carbonyl (C=O) groups excluding carboxylic acids is 1. The van der Waals surface area contributed by atoms with Gasteiger partial charge in [-0.05, 0) is 38.0 Å². The molecule has 1 amide bonds. The zero-order chi connectivity index (χ0) is 14.3. The van der Waals surface area contributed by atoms with Crippen LogP contribution in [0.4, 0.5) is 5.69 Å². The first-order valence-corrected chi connectivity index (χ1v) is 7.21. The van der Waals surface area contributed by atoms with Crippen molar-refractivity contribution in [1.82, 2.24) is 5.32 Å². The largest absolute Gasteiger partial charge is 0.385 e. The third-order valence-electron chi connectivity index (χ3n) is 3.29. The first-order chi connectivity index (χ1) is 9.06. The molecule has 0 unspecified atom stereocenters. The molecule has 2 N–H and O–H groups in total. The van der Waals surface area contributed by atoms with Gasteiger partial charge in [-0.3, -0.25) is 4.79 Å². The highest BCUT2D eigenvalue weighted by Crippen LogP contribution is 2.14. The van der Waals surface area contributed by atoms with Crippen LogP contribution < -0.4 is 10.6 Å². The van der Waals surface area contributed by atoms with Crippen molar-refractivity contribution in [3.63, 3.8) is 0 Å². The summed E-state index contributed by atoms with van der Waals surface area (Å²) in [6.07, 6.45) is 2.36. The Labute approximate surface area is 116 Å². The lowest BCUT2D eigenvalue weighted by molar-refractivity contribution is 0.0943. The summed E-state index contributed by atoms with van der Waals surface area (Å²) in [7, 11) is 0. The van der Waals surface area contributed by atoms with E-state index in [1.165, 1.54) is 12.8 Å². The molecular weight excluding hydrogens is 236 g/mol. The molecule has 0 heterocycles. The van der Waals surface area contributed by atoms with E-state index < -0.39 is 0 Å². The van der Waals surface area contributed by atoms with E-state index in [2.05, 4.69) is 24.5 Å². The van der Waals surface area contributed by atoms with Crippen LogP contribution in [0.5, 0.6) is 0 Å². The van der Waals surface area contributed by atoms with E-state index in [4.69, 9.17) is 0 Å². The molecule has 0 aliphatic heterocycles. The fourth-order valence-electron chi connectivity index (χ4n) is 1.96. The van der Waals surface area contributed by atoms with Gasteiger partial charge < -0.3 is 10.6 Å². The van der Waals surface area contributed by atoms with Crippen LogP contribution in [-0.2, 0) is 0 Å². The van der Waals surface area contributed by atoms with Crippen LogP contribution in [0.25, 0.3) is 0 Å². The van der Waals surface area contributed by atoms with Crippen LogP contribution in [0, 0.1) is 5.92 Å². The minimum Gasteiger partial charge on any atom is -0.385 e. The van der Waals surface area contributed by atoms with E-state index in [1.54, 1.807) is 0 Å².